The van der Waals surface area contributed by atoms with E-state index in [1.54, 1.807) is 6.92 Å². The molecule has 2 aromatic heterocycles. The van der Waals surface area contributed by atoms with Crippen LogP contribution in [0.1, 0.15) is 40.1 Å². The van der Waals surface area contributed by atoms with Gasteiger partial charge in [0.05, 0.1) is 36.8 Å². The van der Waals surface area contributed by atoms with Gasteiger partial charge in [0, 0.05) is 13.1 Å². The van der Waals surface area contributed by atoms with E-state index in [4.69, 9.17) is 4.74 Å². The van der Waals surface area contributed by atoms with Crippen LogP contribution in [0.5, 0.6) is 0 Å². The summed E-state index contributed by atoms with van der Waals surface area (Å²) in [4.78, 5) is 19.2. The number of fused-ring (bicyclic) bond motifs is 1. The normalized spacial score (nSPS) is 14.5. The quantitative estimate of drug-likeness (QED) is 0.857. The molecular formula is C15H20N4O3S. The summed E-state index contributed by atoms with van der Waals surface area (Å²) in [6.45, 7) is 6.28. The van der Waals surface area contributed by atoms with Gasteiger partial charge in [-0.15, -0.1) is 0 Å². The van der Waals surface area contributed by atoms with Crippen LogP contribution in [0.4, 0.5) is 5.13 Å². The number of carbonyl (C=O) groups excluding carboxylic acids is 1. The second kappa shape index (κ2) is 6.67. The molecule has 8 heteroatoms. The van der Waals surface area contributed by atoms with Crippen molar-refractivity contribution in [2.45, 2.75) is 40.0 Å². The molecule has 0 radical (unpaired) electrons. The summed E-state index contributed by atoms with van der Waals surface area (Å²) < 4.78 is 7.02. The summed E-state index contributed by atoms with van der Waals surface area (Å²) in [6, 6.07) is 1.92. The highest BCUT2D eigenvalue weighted by atomic mass is 32.1. The number of aryl methyl sites for hydroxylation is 2. The number of esters is 1. The largest absolute Gasteiger partial charge is 0.462 e. The van der Waals surface area contributed by atoms with Crippen LogP contribution in [-0.2, 0) is 24.4 Å². The smallest absolute Gasteiger partial charge is 0.350 e. The zero-order valence-corrected chi connectivity index (χ0v) is 14.1. The van der Waals surface area contributed by atoms with E-state index >= 15 is 0 Å². The lowest BCUT2D eigenvalue weighted by molar-refractivity contribution is 0.0531. The Morgan fingerprint density at radius 2 is 2.30 bits per heavy atom. The molecular weight excluding hydrogens is 316 g/mol. The summed E-state index contributed by atoms with van der Waals surface area (Å²) in [5.74, 6) is -0.309. The molecule has 1 N–H and O–H groups in total. The van der Waals surface area contributed by atoms with Crippen LogP contribution in [-0.4, -0.2) is 39.0 Å². The maximum atomic E-state index is 12.0. The Morgan fingerprint density at radius 3 is 3.04 bits per heavy atom. The number of aliphatic hydroxyl groups is 1. The van der Waals surface area contributed by atoms with Crippen molar-refractivity contribution in [2.24, 2.45) is 0 Å². The van der Waals surface area contributed by atoms with E-state index in [1.807, 2.05) is 17.7 Å². The predicted octanol–water partition coefficient (Wildman–Crippen LogP) is 1.73. The molecule has 0 amide bonds. The van der Waals surface area contributed by atoms with Crippen LogP contribution in [0, 0.1) is 6.92 Å². The van der Waals surface area contributed by atoms with Crippen molar-refractivity contribution in [3.63, 3.8) is 0 Å². The highest BCUT2D eigenvalue weighted by molar-refractivity contribution is 7.17. The third-order valence-electron chi connectivity index (χ3n) is 3.74. The Labute approximate surface area is 138 Å². The fourth-order valence-electron chi connectivity index (χ4n) is 2.67. The van der Waals surface area contributed by atoms with E-state index in [0.29, 0.717) is 29.4 Å². The fourth-order valence-corrected chi connectivity index (χ4v) is 3.65. The number of aliphatic hydroxyl groups excluding tert-OH is 1. The molecule has 3 heterocycles. The van der Waals surface area contributed by atoms with Gasteiger partial charge in [-0.1, -0.05) is 11.3 Å². The molecule has 7 nitrogen and oxygen atoms in total. The van der Waals surface area contributed by atoms with E-state index in [9.17, 15) is 9.90 Å². The average Bonchev–Trinajstić information content (AvgIpc) is 3.05. The number of rotatable bonds is 4. The van der Waals surface area contributed by atoms with Crippen LogP contribution in [0.15, 0.2) is 6.07 Å². The molecule has 0 saturated carbocycles. The predicted molar refractivity (Wildman–Crippen MR) is 86.6 cm³/mol. The van der Waals surface area contributed by atoms with Gasteiger partial charge in [-0.3, -0.25) is 4.68 Å². The number of anilines is 1. The van der Waals surface area contributed by atoms with Crippen molar-refractivity contribution < 1.29 is 14.6 Å². The third kappa shape index (κ3) is 3.23. The van der Waals surface area contributed by atoms with Crippen LogP contribution in [0.2, 0.25) is 0 Å². The molecule has 124 valence electrons. The van der Waals surface area contributed by atoms with Crippen molar-refractivity contribution in [2.75, 3.05) is 18.1 Å². The minimum Gasteiger partial charge on any atom is -0.462 e. The van der Waals surface area contributed by atoms with Gasteiger partial charge in [0.25, 0.3) is 0 Å². The van der Waals surface area contributed by atoms with E-state index in [1.165, 1.54) is 11.3 Å². The number of thiazole rings is 1. The minimum atomic E-state index is -0.309. The lowest BCUT2D eigenvalue weighted by atomic mass is 10.3. The Balaban J connectivity index is 1.84. The fraction of sp³-hybridized carbons (Fsp3) is 0.533. The lowest BCUT2D eigenvalue weighted by Crippen LogP contribution is -2.22. The molecule has 2 aromatic rings. The summed E-state index contributed by atoms with van der Waals surface area (Å²) in [5.41, 5.74) is 2.44. The molecule has 0 aliphatic carbocycles. The zero-order valence-electron chi connectivity index (χ0n) is 13.3. The van der Waals surface area contributed by atoms with Gasteiger partial charge in [-0.2, -0.15) is 5.10 Å². The lowest BCUT2D eigenvalue weighted by Gasteiger charge is -2.18. The maximum Gasteiger partial charge on any atom is 0.350 e. The first-order valence-corrected chi connectivity index (χ1v) is 8.50. The highest BCUT2D eigenvalue weighted by Gasteiger charge is 2.22. The Kier molecular flexibility index (Phi) is 4.63. The first-order chi connectivity index (χ1) is 11.1. The van der Waals surface area contributed by atoms with Crippen LogP contribution < -0.4 is 4.90 Å². The second-order valence-corrected chi connectivity index (χ2v) is 6.39. The first kappa shape index (κ1) is 15.9. The van der Waals surface area contributed by atoms with Crippen molar-refractivity contribution in [3.8, 4) is 0 Å². The molecule has 0 unspecified atom stereocenters. The molecule has 0 atom stereocenters. The van der Waals surface area contributed by atoms with Crippen LogP contribution in [0.25, 0.3) is 0 Å². The van der Waals surface area contributed by atoms with Crippen LogP contribution >= 0.6 is 11.3 Å². The molecule has 0 aromatic carbocycles. The van der Waals surface area contributed by atoms with Gasteiger partial charge in [0.15, 0.2) is 5.13 Å². The van der Waals surface area contributed by atoms with Gasteiger partial charge in [-0.25, -0.2) is 9.78 Å². The molecule has 1 aliphatic rings. The van der Waals surface area contributed by atoms with Gasteiger partial charge < -0.3 is 14.7 Å². The SMILES string of the molecule is CCOC(=O)c1sc(N2CCCn3nc(CO)cc3C2)nc1C. The minimum absolute atomic E-state index is 0.0522. The standard InChI is InChI=1S/C15H20N4O3S/c1-3-22-14(21)13-10(2)16-15(23-13)18-5-4-6-19-12(8-18)7-11(9-20)17-19/h7,20H,3-6,8-9H2,1-2H3. The van der Waals surface area contributed by atoms with E-state index in [-0.39, 0.29) is 12.6 Å². The molecule has 0 saturated heterocycles. The van der Waals surface area contributed by atoms with Gasteiger partial charge in [0.2, 0.25) is 0 Å². The monoisotopic (exact) mass is 336 g/mol. The number of nitrogens with zero attached hydrogens (tertiary/aromatic N) is 4. The summed E-state index contributed by atoms with van der Waals surface area (Å²) in [5, 5.41) is 14.4. The van der Waals surface area contributed by atoms with Gasteiger partial charge in [0.1, 0.15) is 4.88 Å². The van der Waals surface area contributed by atoms with Gasteiger partial charge in [-0.05, 0) is 26.3 Å². The summed E-state index contributed by atoms with van der Waals surface area (Å²) in [7, 11) is 0. The number of ether oxygens (including phenoxy) is 1. The maximum absolute atomic E-state index is 12.0. The van der Waals surface area contributed by atoms with Gasteiger partial charge >= 0.3 is 5.97 Å². The van der Waals surface area contributed by atoms with Crippen molar-refractivity contribution in [1.29, 1.82) is 0 Å². The first-order valence-electron chi connectivity index (χ1n) is 7.68. The molecule has 0 spiro atoms. The molecule has 3 rings (SSSR count). The Hall–Kier alpha value is -1.93. The third-order valence-corrected chi connectivity index (χ3v) is 4.94. The van der Waals surface area contributed by atoms with Crippen molar-refractivity contribution in [1.82, 2.24) is 14.8 Å². The number of hydrogen-bond donors (Lipinski definition) is 1. The highest BCUT2D eigenvalue weighted by Crippen LogP contribution is 2.29. The van der Waals surface area contributed by atoms with E-state index < -0.39 is 0 Å². The van der Waals surface area contributed by atoms with E-state index in [2.05, 4.69) is 15.0 Å². The van der Waals surface area contributed by atoms with Crippen LogP contribution in [0.3, 0.4) is 0 Å². The molecule has 1 aliphatic heterocycles. The molecule has 0 bridgehead atoms. The molecule has 23 heavy (non-hydrogen) atoms. The Morgan fingerprint density at radius 1 is 1.48 bits per heavy atom. The topological polar surface area (TPSA) is 80.5 Å². The molecule has 0 fully saturated rings. The Bertz CT molecular complexity index is 710. The number of hydrogen-bond acceptors (Lipinski definition) is 7. The van der Waals surface area contributed by atoms with E-state index in [0.717, 1.165) is 30.3 Å². The van der Waals surface area contributed by atoms with Crippen molar-refractivity contribution >= 4 is 22.4 Å². The zero-order chi connectivity index (χ0) is 16.4. The summed E-state index contributed by atoms with van der Waals surface area (Å²) in [6.07, 6.45) is 0.937. The second-order valence-electron chi connectivity index (χ2n) is 5.41. The number of carbonyl (C=O) groups is 1. The van der Waals surface area contributed by atoms with Crippen molar-refractivity contribution in [3.05, 3.63) is 28.0 Å². The summed E-state index contributed by atoms with van der Waals surface area (Å²) >= 11 is 1.37. The number of aromatic nitrogens is 3. The average molecular weight is 336 g/mol.